The molecule has 3 heteroatoms. The average molecular weight is 195 g/mol. The molecule has 1 N–H and O–H groups in total. The lowest BCUT2D eigenvalue weighted by Gasteiger charge is -2.25. The van der Waals surface area contributed by atoms with Gasteiger partial charge in [-0.05, 0) is 18.8 Å². The molecule has 0 aromatic rings. The molecular formula is C11H17NO2. The van der Waals surface area contributed by atoms with Gasteiger partial charge in [0.25, 0.3) is 0 Å². The Morgan fingerprint density at radius 3 is 2.57 bits per heavy atom. The molecule has 1 rings (SSSR count). The summed E-state index contributed by atoms with van der Waals surface area (Å²) < 4.78 is 0. The van der Waals surface area contributed by atoms with Gasteiger partial charge < -0.3 is 0 Å². The SMILES string of the molecule is C=CCC1(CC(C)C)CC(=O)NC1=O. The lowest BCUT2D eigenvalue weighted by Crippen LogP contribution is -2.32. The Kier molecular flexibility index (Phi) is 3.09. The van der Waals surface area contributed by atoms with Gasteiger partial charge in [0.05, 0.1) is 5.41 Å². The van der Waals surface area contributed by atoms with Gasteiger partial charge in [0, 0.05) is 6.42 Å². The summed E-state index contributed by atoms with van der Waals surface area (Å²) >= 11 is 0. The van der Waals surface area contributed by atoms with Crippen LogP contribution < -0.4 is 5.32 Å². The molecule has 1 heterocycles. The van der Waals surface area contributed by atoms with Gasteiger partial charge in [-0.1, -0.05) is 19.9 Å². The molecule has 0 aliphatic carbocycles. The summed E-state index contributed by atoms with van der Waals surface area (Å²) in [6.07, 6.45) is 3.37. The first-order chi connectivity index (χ1) is 6.50. The highest BCUT2D eigenvalue weighted by Crippen LogP contribution is 2.38. The van der Waals surface area contributed by atoms with Crippen molar-refractivity contribution in [2.45, 2.75) is 33.1 Å². The number of nitrogens with one attached hydrogen (secondary N) is 1. The number of hydrogen-bond donors (Lipinski definition) is 1. The Bertz CT molecular complexity index is 270. The van der Waals surface area contributed by atoms with Crippen LogP contribution in [0.25, 0.3) is 0 Å². The first kappa shape index (κ1) is 11.0. The smallest absolute Gasteiger partial charge is 0.233 e. The molecule has 2 amide bonds. The number of carbonyl (C=O) groups excluding carboxylic acids is 2. The third-order valence-electron chi connectivity index (χ3n) is 2.57. The number of rotatable bonds is 4. The summed E-state index contributed by atoms with van der Waals surface area (Å²) in [5.74, 6) is 0.125. The molecule has 14 heavy (non-hydrogen) atoms. The van der Waals surface area contributed by atoms with Crippen LogP contribution in [0.2, 0.25) is 0 Å². The predicted octanol–water partition coefficient (Wildman–Crippen LogP) is 1.64. The molecule has 0 bridgehead atoms. The minimum atomic E-state index is -0.521. The highest BCUT2D eigenvalue weighted by molar-refractivity contribution is 6.05. The Hall–Kier alpha value is -1.12. The third-order valence-corrected chi connectivity index (χ3v) is 2.57. The molecule has 0 spiro atoms. The van der Waals surface area contributed by atoms with Crippen LogP contribution >= 0.6 is 0 Å². The highest BCUT2D eigenvalue weighted by atomic mass is 16.2. The van der Waals surface area contributed by atoms with Crippen LogP contribution in [-0.2, 0) is 9.59 Å². The van der Waals surface area contributed by atoms with Gasteiger partial charge in [-0.15, -0.1) is 6.58 Å². The van der Waals surface area contributed by atoms with Crippen LogP contribution in [0, 0.1) is 11.3 Å². The Morgan fingerprint density at radius 1 is 1.57 bits per heavy atom. The van der Waals surface area contributed by atoms with Gasteiger partial charge >= 0.3 is 0 Å². The standard InChI is InChI=1S/C11H17NO2/c1-4-5-11(6-8(2)3)7-9(13)12-10(11)14/h4,8H,1,5-7H2,2-3H3,(H,12,13,14). The fourth-order valence-corrected chi connectivity index (χ4v) is 2.16. The largest absolute Gasteiger partial charge is 0.296 e. The summed E-state index contributed by atoms with van der Waals surface area (Å²) in [6.45, 7) is 7.76. The van der Waals surface area contributed by atoms with Crippen molar-refractivity contribution >= 4 is 11.8 Å². The quantitative estimate of drug-likeness (QED) is 0.547. The lowest BCUT2D eigenvalue weighted by molar-refractivity contribution is -0.129. The number of amides is 2. The van der Waals surface area contributed by atoms with Crippen molar-refractivity contribution in [3.05, 3.63) is 12.7 Å². The van der Waals surface area contributed by atoms with Crippen LogP contribution in [0.4, 0.5) is 0 Å². The minimum absolute atomic E-state index is 0.129. The van der Waals surface area contributed by atoms with Gasteiger partial charge in [-0.2, -0.15) is 0 Å². The Balaban J connectivity index is 2.86. The molecule has 1 aliphatic heterocycles. The number of hydrogen-bond acceptors (Lipinski definition) is 2. The molecule has 0 saturated carbocycles. The molecule has 1 aliphatic rings. The first-order valence-electron chi connectivity index (χ1n) is 4.95. The fraction of sp³-hybridized carbons (Fsp3) is 0.636. The van der Waals surface area contributed by atoms with E-state index in [1.165, 1.54) is 0 Å². The molecule has 78 valence electrons. The van der Waals surface area contributed by atoms with Crippen molar-refractivity contribution in [1.29, 1.82) is 0 Å². The number of carbonyl (C=O) groups is 2. The maximum Gasteiger partial charge on any atom is 0.233 e. The van der Waals surface area contributed by atoms with Crippen molar-refractivity contribution < 1.29 is 9.59 Å². The molecule has 0 aromatic carbocycles. The first-order valence-corrected chi connectivity index (χ1v) is 4.95. The topological polar surface area (TPSA) is 46.2 Å². The summed E-state index contributed by atoms with van der Waals surface area (Å²) in [5.41, 5.74) is -0.521. The normalized spacial score (nSPS) is 26.8. The maximum absolute atomic E-state index is 11.7. The van der Waals surface area contributed by atoms with Crippen LogP contribution in [0.1, 0.15) is 33.1 Å². The molecule has 3 nitrogen and oxygen atoms in total. The van der Waals surface area contributed by atoms with Crippen molar-refractivity contribution in [3.63, 3.8) is 0 Å². The van der Waals surface area contributed by atoms with Gasteiger partial charge in [0.1, 0.15) is 0 Å². The van der Waals surface area contributed by atoms with Crippen molar-refractivity contribution in [2.75, 3.05) is 0 Å². The third kappa shape index (κ3) is 2.03. The minimum Gasteiger partial charge on any atom is -0.296 e. The summed E-state index contributed by atoms with van der Waals surface area (Å²) in [4.78, 5) is 22.8. The second kappa shape index (κ2) is 3.95. The highest BCUT2D eigenvalue weighted by Gasteiger charge is 2.45. The van der Waals surface area contributed by atoms with Crippen LogP contribution in [0.3, 0.4) is 0 Å². The van der Waals surface area contributed by atoms with Crippen LogP contribution in [0.5, 0.6) is 0 Å². The van der Waals surface area contributed by atoms with Crippen molar-refractivity contribution in [1.82, 2.24) is 5.32 Å². The van der Waals surface area contributed by atoms with E-state index >= 15 is 0 Å². The van der Waals surface area contributed by atoms with E-state index < -0.39 is 5.41 Å². The molecule has 0 radical (unpaired) electrons. The van der Waals surface area contributed by atoms with Gasteiger partial charge in [-0.25, -0.2) is 0 Å². The summed E-state index contributed by atoms with van der Waals surface area (Å²) in [7, 11) is 0. The van der Waals surface area contributed by atoms with Crippen molar-refractivity contribution in [3.8, 4) is 0 Å². The lowest BCUT2D eigenvalue weighted by atomic mass is 9.76. The summed E-state index contributed by atoms with van der Waals surface area (Å²) in [5, 5.41) is 2.37. The van der Waals surface area contributed by atoms with Crippen molar-refractivity contribution in [2.24, 2.45) is 11.3 Å². The van der Waals surface area contributed by atoms with Gasteiger partial charge in [-0.3, -0.25) is 14.9 Å². The van der Waals surface area contributed by atoms with Crippen LogP contribution in [-0.4, -0.2) is 11.8 Å². The molecule has 1 unspecified atom stereocenters. The van der Waals surface area contributed by atoms with E-state index in [2.05, 4.69) is 25.7 Å². The zero-order chi connectivity index (χ0) is 10.8. The zero-order valence-corrected chi connectivity index (χ0v) is 8.80. The molecule has 0 aromatic heterocycles. The van der Waals surface area contributed by atoms with Gasteiger partial charge in [0.2, 0.25) is 11.8 Å². The second-order valence-electron chi connectivity index (χ2n) is 4.43. The van der Waals surface area contributed by atoms with E-state index in [1.807, 2.05) is 0 Å². The van der Waals surface area contributed by atoms with E-state index in [1.54, 1.807) is 6.08 Å². The Morgan fingerprint density at radius 2 is 2.21 bits per heavy atom. The van der Waals surface area contributed by atoms with E-state index in [0.717, 1.165) is 6.42 Å². The average Bonchev–Trinajstić information content (AvgIpc) is 2.25. The van der Waals surface area contributed by atoms with E-state index in [0.29, 0.717) is 18.8 Å². The predicted molar refractivity (Wildman–Crippen MR) is 54.5 cm³/mol. The van der Waals surface area contributed by atoms with E-state index in [9.17, 15) is 9.59 Å². The van der Waals surface area contributed by atoms with Gasteiger partial charge in [0.15, 0.2) is 0 Å². The fourth-order valence-electron chi connectivity index (χ4n) is 2.16. The molecular weight excluding hydrogens is 178 g/mol. The van der Waals surface area contributed by atoms with E-state index in [4.69, 9.17) is 0 Å². The molecule has 1 atom stereocenters. The maximum atomic E-state index is 11.7. The number of imide groups is 1. The zero-order valence-electron chi connectivity index (χ0n) is 8.80. The number of allylic oxidation sites excluding steroid dienone is 1. The van der Waals surface area contributed by atoms with Crippen LogP contribution in [0.15, 0.2) is 12.7 Å². The molecule has 1 saturated heterocycles. The Labute approximate surface area is 84.6 Å². The monoisotopic (exact) mass is 195 g/mol. The van der Waals surface area contributed by atoms with E-state index in [-0.39, 0.29) is 11.8 Å². The second-order valence-corrected chi connectivity index (χ2v) is 4.43. The summed E-state index contributed by atoms with van der Waals surface area (Å²) in [6, 6.07) is 0. The molecule has 1 fully saturated rings.